The summed E-state index contributed by atoms with van der Waals surface area (Å²) in [6, 6.07) is 12.5. The summed E-state index contributed by atoms with van der Waals surface area (Å²) in [6.07, 6.45) is 8.20. The molecule has 0 aromatic heterocycles. The zero-order valence-corrected chi connectivity index (χ0v) is 20.3. The molecule has 4 nitrogen and oxygen atoms in total. The van der Waals surface area contributed by atoms with Gasteiger partial charge in [0.05, 0.1) is 0 Å². The predicted molar refractivity (Wildman–Crippen MR) is 118 cm³/mol. The number of halogens is 1. The number of benzene rings is 2. The molecule has 0 saturated carbocycles. The van der Waals surface area contributed by atoms with E-state index >= 15 is 0 Å². The van der Waals surface area contributed by atoms with Crippen LogP contribution in [0.15, 0.2) is 49.1 Å². The molecule has 0 saturated heterocycles. The van der Waals surface area contributed by atoms with Gasteiger partial charge in [-0.2, -0.15) is 13.3 Å². The van der Waals surface area contributed by atoms with Crippen molar-refractivity contribution in [3.8, 4) is 11.1 Å². The molecule has 157 valence electrons. The van der Waals surface area contributed by atoms with E-state index in [0.717, 1.165) is 11.4 Å². The van der Waals surface area contributed by atoms with E-state index in [2.05, 4.69) is 96.1 Å². The maximum absolute atomic E-state index is 4.61. The van der Waals surface area contributed by atoms with Gasteiger partial charge in [0.1, 0.15) is 0 Å². The minimum atomic E-state index is 1.03. The molecule has 29 heavy (non-hydrogen) atoms. The molecule has 0 unspecified atom stereocenters. The number of nitrogens with zero attached hydrogens (tertiary/aromatic N) is 4. The maximum atomic E-state index is 4.61. The normalized spacial score (nSPS) is 15.3. The molecule has 0 amide bonds. The molecule has 0 spiro atoms. The summed E-state index contributed by atoms with van der Waals surface area (Å²) < 4.78 is 0. The van der Waals surface area contributed by atoms with Gasteiger partial charge in [0.25, 0.3) is 0 Å². The van der Waals surface area contributed by atoms with Crippen molar-refractivity contribution in [1.29, 1.82) is 0 Å². The predicted octanol–water partition coefficient (Wildman–Crippen LogP) is 5.45. The van der Waals surface area contributed by atoms with Gasteiger partial charge >= 0.3 is 28.2 Å². The number of rotatable bonds is 3. The van der Waals surface area contributed by atoms with Crippen LogP contribution in [0.5, 0.6) is 0 Å². The second kappa shape index (κ2) is 9.28. The number of anilines is 2. The zero-order valence-electron chi connectivity index (χ0n) is 17.3. The van der Waals surface area contributed by atoms with Gasteiger partial charge in [0.2, 0.25) is 0 Å². The fraction of sp³-hybridized carbons (Fsp3) is 0.217. The minimum absolute atomic E-state index is 1.03. The van der Waals surface area contributed by atoms with E-state index in [-0.39, 0.29) is 0 Å². The van der Waals surface area contributed by atoms with Crippen molar-refractivity contribution in [2.24, 2.45) is 0 Å². The molecule has 2 aliphatic rings. The van der Waals surface area contributed by atoms with Gasteiger partial charge in [0.15, 0.2) is 0 Å². The number of hydrogen-bond donors (Lipinski definition) is 0. The summed E-state index contributed by atoms with van der Waals surface area (Å²) in [5.74, 6) is 0. The van der Waals surface area contributed by atoms with Crippen molar-refractivity contribution < 1.29 is 18.8 Å². The summed E-state index contributed by atoms with van der Waals surface area (Å²) in [6.45, 7) is 10.7. The van der Waals surface area contributed by atoms with E-state index in [1.165, 1.54) is 27.8 Å². The van der Waals surface area contributed by atoms with E-state index < -0.39 is 0 Å². The Morgan fingerprint density at radius 2 is 1.21 bits per heavy atom. The summed E-state index contributed by atoms with van der Waals surface area (Å²) in [5, 5.41) is 0. The van der Waals surface area contributed by atoms with E-state index in [4.69, 9.17) is 0 Å². The first-order valence-electron chi connectivity index (χ1n) is 9.25. The zero-order chi connectivity index (χ0) is 21.1. The Balaban J connectivity index is 0.00000117. The summed E-state index contributed by atoms with van der Waals surface area (Å²) in [7, 11) is 8.67. The number of aryl methyl sites for hydroxylation is 3. The molecule has 2 aromatic carbocycles. The Kier molecular flexibility index (Phi) is 6.97. The van der Waals surface area contributed by atoms with Gasteiger partial charge < -0.3 is 19.6 Å². The molecular weight excluding hydrogens is 563 g/mol. The van der Waals surface area contributed by atoms with Crippen molar-refractivity contribution in [3.63, 3.8) is 0 Å². The van der Waals surface area contributed by atoms with Crippen LogP contribution in [0.2, 0.25) is 0 Å². The van der Waals surface area contributed by atoms with Gasteiger partial charge in [-0.15, -0.1) is 35.1 Å². The van der Waals surface area contributed by atoms with Crippen LogP contribution in [0, 0.1) is 40.2 Å². The Morgan fingerprint density at radius 3 is 1.59 bits per heavy atom. The Hall–Kier alpha value is -1.90. The molecule has 2 aliphatic heterocycles. The van der Waals surface area contributed by atoms with Crippen molar-refractivity contribution >= 4 is 20.8 Å². The molecule has 0 aliphatic carbocycles. The first kappa shape index (κ1) is 21.8. The summed E-state index contributed by atoms with van der Waals surface area (Å²) in [4.78, 5) is 8.29. The van der Waals surface area contributed by atoms with Gasteiger partial charge in [-0.05, 0) is 76.4 Å². The fourth-order valence-corrected chi connectivity index (χ4v) is 3.78. The van der Waals surface area contributed by atoms with Crippen LogP contribution in [0.3, 0.4) is 0 Å². The molecule has 6 heteroatoms. The fourth-order valence-electron chi connectivity index (χ4n) is 3.78. The van der Waals surface area contributed by atoms with Crippen LogP contribution in [0.1, 0.15) is 16.7 Å². The van der Waals surface area contributed by atoms with Gasteiger partial charge in [-0.1, -0.05) is 17.7 Å². The molecule has 0 N–H and O–H groups in total. The van der Waals surface area contributed by atoms with Crippen molar-refractivity contribution in [3.05, 3.63) is 85.2 Å². The van der Waals surface area contributed by atoms with Crippen LogP contribution in [0.4, 0.5) is 11.4 Å². The molecule has 0 bridgehead atoms. The Bertz CT molecular complexity index is 873. The van der Waals surface area contributed by atoms with Gasteiger partial charge in [-0.3, -0.25) is 0 Å². The van der Waals surface area contributed by atoms with E-state index in [0.29, 0.717) is 0 Å². The molecule has 4 rings (SSSR count). The average Bonchev–Trinajstić information content (AvgIpc) is 3.31. The molecular formula is C23H25ClN4Pt-3. The third-order valence-electron chi connectivity index (χ3n) is 4.90. The van der Waals surface area contributed by atoms with Crippen LogP contribution in [-0.2, 0) is 18.8 Å². The van der Waals surface area contributed by atoms with Crippen LogP contribution in [-0.4, -0.2) is 23.9 Å². The van der Waals surface area contributed by atoms with Crippen molar-refractivity contribution in [1.82, 2.24) is 9.80 Å². The van der Waals surface area contributed by atoms with Crippen LogP contribution >= 0.6 is 9.42 Å². The number of hydrogen-bond acceptors (Lipinski definition) is 4. The van der Waals surface area contributed by atoms with E-state index in [1.807, 2.05) is 36.3 Å². The standard InChI is InChI=1S/C23H25N4.ClH.Pt/c1-17-10-18(2)23(19(3)11-17)20-12-21(26-8-6-24(4)15-26)14-22(13-20)27-9-7-25(5)16-27;;/h6-13,15-16H,1-5H3;1H;/q-3;;+1/p-1. The topological polar surface area (TPSA) is 13.0 Å². The van der Waals surface area contributed by atoms with E-state index in [1.54, 1.807) is 18.8 Å². The van der Waals surface area contributed by atoms with E-state index in [9.17, 15) is 0 Å². The Morgan fingerprint density at radius 1 is 0.759 bits per heavy atom. The molecule has 2 aromatic rings. The monoisotopic (exact) mass is 587 g/mol. The average molecular weight is 588 g/mol. The first-order chi connectivity index (χ1) is 13.9. The molecule has 2 heterocycles. The van der Waals surface area contributed by atoms with Crippen LogP contribution < -0.4 is 9.80 Å². The molecule has 0 fully saturated rings. The van der Waals surface area contributed by atoms with Gasteiger partial charge in [0, 0.05) is 0 Å². The molecule has 0 atom stereocenters. The SMILES string of the molecule is Cc1cc(C)c(-c2cc(N3C=CN(C)[CH-]3)[c-]c(N3C=CN(C)[CH-]3)c2)c(C)c1.[Cl][Pt]. The quantitative estimate of drug-likeness (QED) is 0.443. The van der Waals surface area contributed by atoms with Crippen LogP contribution in [0.25, 0.3) is 11.1 Å². The van der Waals surface area contributed by atoms with Crippen molar-refractivity contribution in [2.75, 3.05) is 23.9 Å². The van der Waals surface area contributed by atoms with Gasteiger partial charge in [-0.25, -0.2) is 0 Å². The third-order valence-corrected chi connectivity index (χ3v) is 4.90. The summed E-state index contributed by atoms with van der Waals surface area (Å²) >= 11 is 1.61. The Labute approximate surface area is 189 Å². The first-order valence-corrected chi connectivity index (χ1v) is 12.1. The second-order valence-electron chi connectivity index (χ2n) is 7.39. The summed E-state index contributed by atoms with van der Waals surface area (Å²) in [5.41, 5.74) is 8.45. The van der Waals surface area contributed by atoms with Crippen molar-refractivity contribution in [2.45, 2.75) is 20.8 Å². The second-order valence-corrected chi connectivity index (χ2v) is 7.39. The third kappa shape index (κ3) is 4.82. The molecule has 0 radical (unpaired) electrons.